The van der Waals surface area contributed by atoms with Crippen LogP contribution in [0.25, 0.3) is 0 Å². The average molecular weight is 287 g/mol. The minimum atomic E-state index is -0.312. The Kier molecular flexibility index (Phi) is 3.80. The van der Waals surface area contributed by atoms with Gasteiger partial charge in [-0.15, -0.1) is 0 Å². The lowest BCUT2D eigenvalue weighted by atomic mass is 9.93. The van der Waals surface area contributed by atoms with Crippen molar-refractivity contribution >= 4 is 0 Å². The van der Waals surface area contributed by atoms with Gasteiger partial charge in [0.05, 0.1) is 6.61 Å². The largest absolute Gasteiger partial charge is 0.494 e. The summed E-state index contributed by atoms with van der Waals surface area (Å²) in [7, 11) is 0. The van der Waals surface area contributed by atoms with Gasteiger partial charge in [0.1, 0.15) is 23.4 Å². The van der Waals surface area contributed by atoms with Crippen LogP contribution in [-0.2, 0) is 0 Å². The van der Waals surface area contributed by atoms with Gasteiger partial charge in [-0.3, -0.25) is 0 Å². The molecule has 0 amide bonds. The molecule has 3 nitrogen and oxygen atoms in total. The molecule has 2 unspecified atom stereocenters. The van der Waals surface area contributed by atoms with Gasteiger partial charge in [0.2, 0.25) is 0 Å². The van der Waals surface area contributed by atoms with E-state index < -0.39 is 0 Å². The second-order valence-electron chi connectivity index (χ2n) is 5.13. The summed E-state index contributed by atoms with van der Waals surface area (Å²) in [4.78, 5) is 0. The zero-order valence-electron chi connectivity index (χ0n) is 11.9. The van der Waals surface area contributed by atoms with Gasteiger partial charge < -0.3 is 15.2 Å². The molecule has 1 aliphatic rings. The molecular formula is C17H18FNO2. The highest BCUT2D eigenvalue weighted by Crippen LogP contribution is 2.40. The molecule has 0 aliphatic carbocycles. The van der Waals surface area contributed by atoms with Crippen LogP contribution < -0.4 is 15.2 Å². The van der Waals surface area contributed by atoms with Crippen LogP contribution in [0.3, 0.4) is 0 Å². The van der Waals surface area contributed by atoms with Gasteiger partial charge in [-0.2, -0.15) is 0 Å². The van der Waals surface area contributed by atoms with E-state index in [-0.39, 0.29) is 18.0 Å². The molecule has 2 N–H and O–H groups in total. The van der Waals surface area contributed by atoms with E-state index in [0.29, 0.717) is 18.8 Å². The van der Waals surface area contributed by atoms with Crippen molar-refractivity contribution < 1.29 is 13.9 Å². The molecule has 0 radical (unpaired) electrons. The number of benzene rings is 2. The number of rotatable bonds is 3. The molecule has 110 valence electrons. The van der Waals surface area contributed by atoms with Crippen molar-refractivity contribution in [3.63, 3.8) is 0 Å². The Labute approximate surface area is 123 Å². The standard InChI is InChI=1S/C17H18FNO2/c1-2-20-13-6-3-11(4-7-13)16-10-15(19)14-8-5-12(18)9-17(14)21-16/h3-9,15-16H,2,10,19H2,1H3. The van der Waals surface area contributed by atoms with Gasteiger partial charge in [0, 0.05) is 24.1 Å². The summed E-state index contributed by atoms with van der Waals surface area (Å²) in [6, 6.07) is 12.1. The molecule has 21 heavy (non-hydrogen) atoms. The number of fused-ring (bicyclic) bond motifs is 1. The topological polar surface area (TPSA) is 44.5 Å². The fourth-order valence-electron chi connectivity index (χ4n) is 2.63. The number of ether oxygens (including phenoxy) is 2. The summed E-state index contributed by atoms with van der Waals surface area (Å²) in [5.74, 6) is 1.05. The monoisotopic (exact) mass is 287 g/mol. The van der Waals surface area contributed by atoms with Gasteiger partial charge in [-0.05, 0) is 30.7 Å². The van der Waals surface area contributed by atoms with Gasteiger partial charge in [-0.25, -0.2) is 4.39 Å². The fraction of sp³-hybridized carbons (Fsp3) is 0.294. The van der Waals surface area contributed by atoms with E-state index in [2.05, 4.69) is 0 Å². The van der Waals surface area contributed by atoms with Crippen LogP contribution in [0, 0.1) is 5.82 Å². The van der Waals surface area contributed by atoms with Crippen molar-refractivity contribution in [3.05, 3.63) is 59.4 Å². The van der Waals surface area contributed by atoms with Crippen molar-refractivity contribution in [3.8, 4) is 11.5 Å². The minimum Gasteiger partial charge on any atom is -0.494 e. The zero-order valence-corrected chi connectivity index (χ0v) is 11.9. The van der Waals surface area contributed by atoms with Crippen LogP contribution in [0.15, 0.2) is 42.5 Å². The van der Waals surface area contributed by atoms with Crippen LogP contribution in [-0.4, -0.2) is 6.61 Å². The summed E-state index contributed by atoms with van der Waals surface area (Å²) in [6.45, 7) is 2.58. The van der Waals surface area contributed by atoms with Crippen molar-refractivity contribution in [2.24, 2.45) is 5.73 Å². The molecule has 2 aromatic carbocycles. The zero-order chi connectivity index (χ0) is 14.8. The first-order chi connectivity index (χ1) is 10.2. The Morgan fingerprint density at radius 3 is 2.71 bits per heavy atom. The molecule has 2 atom stereocenters. The fourth-order valence-corrected chi connectivity index (χ4v) is 2.63. The molecule has 0 saturated carbocycles. The van der Waals surface area contributed by atoms with E-state index in [1.54, 1.807) is 6.07 Å². The lowest BCUT2D eigenvalue weighted by Gasteiger charge is -2.30. The highest BCUT2D eigenvalue weighted by atomic mass is 19.1. The predicted molar refractivity (Wildman–Crippen MR) is 78.9 cm³/mol. The van der Waals surface area contributed by atoms with Gasteiger partial charge >= 0.3 is 0 Å². The first-order valence-electron chi connectivity index (χ1n) is 7.12. The van der Waals surface area contributed by atoms with E-state index in [1.807, 2.05) is 31.2 Å². The maximum atomic E-state index is 13.4. The lowest BCUT2D eigenvalue weighted by molar-refractivity contribution is 0.160. The van der Waals surface area contributed by atoms with E-state index in [0.717, 1.165) is 16.9 Å². The summed E-state index contributed by atoms with van der Waals surface area (Å²) >= 11 is 0. The predicted octanol–water partition coefficient (Wildman–Crippen LogP) is 3.75. The van der Waals surface area contributed by atoms with Crippen LogP contribution in [0.2, 0.25) is 0 Å². The molecule has 4 heteroatoms. The molecule has 2 aromatic rings. The van der Waals surface area contributed by atoms with E-state index in [9.17, 15) is 4.39 Å². The minimum absolute atomic E-state index is 0.147. The van der Waals surface area contributed by atoms with Crippen molar-refractivity contribution in [1.82, 2.24) is 0 Å². The molecule has 1 aliphatic heterocycles. The Bertz CT molecular complexity index is 627. The Balaban J connectivity index is 1.84. The Morgan fingerprint density at radius 2 is 2.00 bits per heavy atom. The number of nitrogens with two attached hydrogens (primary N) is 1. The van der Waals surface area contributed by atoms with Crippen molar-refractivity contribution in [2.75, 3.05) is 6.61 Å². The van der Waals surface area contributed by atoms with Crippen LogP contribution in [0.5, 0.6) is 11.5 Å². The summed E-state index contributed by atoms with van der Waals surface area (Å²) < 4.78 is 24.7. The Hall–Kier alpha value is -2.07. The Morgan fingerprint density at radius 1 is 1.24 bits per heavy atom. The third-order valence-electron chi connectivity index (χ3n) is 3.68. The molecule has 0 bridgehead atoms. The summed E-state index contributed by atoms with van der Waals surface area (Å²) in [6.07, 6.45) is 0.511. The van der Waals surface area contributed by atoms with Crippen molar-refractivity contribution in [2.45, 2.75) is 25.5 Å². The van der Waals surface area contributed by atoms with Gasteiger partial charge in [0.15, 0.2) is 0 Å². The van der Waals surface area contributed by atoms with Crippen LogP contribution in [0.1, 0.15) is 36.6 Å². The average Bonchev–Trinajstić information content (AvgIpc) is 2.48. The maximum Gasteiger partial charge on any atom is 0.127 e. The quantitative estimate of drug-likeness (QED) is 0.935. The normalized spacial score (nSPS) is 20.5. The molecule has 1 heterocycles. The van der Waals surface area contributed by atoms with Gasteiger partial charge in [-0.1, -0.05) is 18.2 Å². The van der Waals surface area contributed by atoms with E-state index in [4.69, 9.17) is 15.2 Å². The molecule has 0 spiro atoms. The summed E-state index contributed by atoms with van der Waals surface area (Å²) in [5.41, 5.74) is 8.05. The molecular weight excluding hydrogens is 269 g/mol. The maximum absolute atomic E-state index is 13.4. The third kappa shape index (κ3) is 2.85. The number of hydrogen-bond donors (Lipinski definition) is 1. The second kappa shape index (κ2) is 5.74. The molecule has 0 saturated heterocycles. The molecule has 0 fully saturated rings. The number of halogens is 1. The lowest BCUT2D eigenvalue weighted by Crippen LogP contribution is -2.24. The highest BCUT2D eigenvalue weighted by Gasteiger charge is 2.27. The highest BCUT2D eigenvalue weighted by molar-refractivity contribution is 5.40. The third-order valence-corrected chi connectivity index (χ3v) is 3.68. The van der Waals surface area contributed by atoms with Crippen LogP contribution >= 0.6 is 0 Å². The molecule has 3 rings (SSSR count). The molecule has 0 aromatic heterocycles. The first-order valence-corrected chi connectivity index (χ1v) is 7.12. The van der Waals surface area contributed by atoms with Crippen LogP contribution in [0.4, 0.5) is 4.39 Å². The van der Waals surface area contributed by atoms with E-state index >= 15 is 0 Å². The van der Waals surface area contributed by atoms with Crippen molar-refractivity contribution in [1.29, 1.82) is 0 Å². The van der Waals surface area contributed by atoms with E-state index in [1.165, 1.54) is 12.1 Å². The number of hydrogen-bond acceptors (Lipinski definition) is 3. The second-order valence-corrected chi connectivity index (χ2v) is 5.13. The first kappa shape index (κ1) is 13.9. The smallest absolute Gasteiger partial charge is 0.127 e. The van der Waals surface area contributed by atoms with Gasteiger partial charge in [0.25, 0.3) is 0 Å². The summed E-state index contributed by atoms with van der Waals surface area (Å²) in [5, 5.41) is 0. The SMILES string of the molecule is CCOc1ccc(C2CC(N)c3ccc(F)cc3O2)cc1.